The van der Waals surface area contributed by atoms with Crippen LogP contribution in [-0.4, -0.2) is 34.1 Å². The van der Waals surface area contributed by atoms with Gasteiger partial charge in [-0.25, -0.2) is 14.8 Å². The van der Waals surface area contributed by atoms with Gasteiger partial charge in [-0.3, -0.25) is 4.90 Å². The maximum atomic E-state index is 11.3. The van der Waals surface area contributed by atoms with E-state index in [1.807, 2.05) is 0 Å². The minimum Gasteiger partial charge on any atom is -0.447 e. The molecule has 1 atom stereocenters. The van der Waals surface area contributed by atoms with E-state index < -0.39 is 12.1 Å². The molecule has 4 rings (SSSR count). The largest absolute Gasteiger partial charge is 0.447 e. The second-order valence-electron chi connectivity index (χ2n) is 4.56. The Morgan fingerprint density at radius 3 is 2.38 bits per heavy atom. The highest BCUT2D eigenvalue weighted by Gasteiger charge is 2.30. The first-order chi connectivity index (χ1) is 10.3. The van der Waals surface area contributed by atoms with Crippen molar-refractivity contribution in [3.63, 3.8) is 0 Å². The molecule has 0 saturated carbocycles. The Bertz CT molecular complexity index is 677. The number of rotatable bonds is 2. The molecule has 0 aromatic carbocycles. The SMILES string of the molecule is C#CC(c1ncccn1)N1CCOC1=O.c1cc2cc-2c1. The number of terminal acetylenes is 1. The van der Waals surface area contributed by atoms with Crippen molar-refractivity contribution in [1.29, 1.82) is 0 Å². The lowest BCUT2D eigenvalue weighted by Crippen LogP contribution is -2.29. The average Bonchev–Trinajstić information content (AvgIpc) is 2.91. The third-order valence-electron chi connectivity index (χ3n) is 3.20. The molecule has 0 spiro atoms. The van der Waals surface area contributed by atoms with Crippen LogP contribution < -0.4 is 0 Å². The van der Waals surface area contributed by atoms with Crippen molar-refractivity contribution in [2.75, 3.05) is 13.2 Å². The van der Waals surface area contributed by atoms with Gasteiger partial charge in [-0.05, 0) is 23.3 Å². The summed E-state index contributed by atoms with van der Waals surface area (Å²) in [5.41, 5.74) is 2.85. The molecule has 0 bridgehead atoms. The van der Waals surface area contributed by atoms with Crippen molar-refractivity contribution in [1.82, 2.24) is 14.9 Å². The van der Waals surface area contributed by atoms with Crippen molar-refractivity contribution >= 4 is 6.09 Å². The fourth-order valence-electron chi connectivity index (χ4n) is 2.07. The van der Waals surface area contributed by atoms with Crippen LogP contribution in [-0.2, 0) is 4.74 Å². The number of hydrogen-bond donors (Lipinski definition) is 0. The number of fused-ring (bicyclic) bond motifs is 1. The summed E-state index contributed by atoms with van der Waals surface area (Å²) in [5, 5.41) is 0. The standard InChI is InChI=1S/C10H9N3O2.C6H4/c1-2-8(9-11-4-3-5-12-9)13-6-7-15-10(13)14;1-2-5-4-6(5)3-1/h1,3-5,8H,6-7H2;1-4H. The number of hydrogen-bond acceptors (Lipinski definition) is 4. The molecular weight excluding hydrogens is 266 g/mol. The Morgan fingerprint density at radius 2 is 1.95 bits per heavy atom. The highest BCUT2D eigenvalue weighted by molar-refractivity contribution is 5.80. The molecule has 1 unspecified atom stereocenters. The van der Waals surface area contributed by atoms with Gasteiger partial charge in [-0.2, -0.15) is 0 Å². The second kappa shape index (κ2) is 5.63. The summed E-state index contributed by atoms with van der Waals surface area (Å²) in [6.45, 7) is 0.843. The monoisotopic (exact) mass is 279 g/mol. The molecule has 1 aromatic heterocycles. The van der Waals surface area contributed by atoms with E-state index in [-0.39, 0.29) is 0 Å². The van der Waals surface area contributed by atoms with E-state index in [1.165, 1.54) is 16.0 Å². The molecule has 1 saturated heterocycles. The van der Waals surface area contributed by atoms with Crippen LogP contribution in [0, 0.1) is 12.3 Å². The molecule has 2 aliphatic carbocycles. The van der Waals surface area contributed by atoms with Crippen LogP contribution >= 0.6 is 0 Å². The van der Waals surface area contributed by atoms with E-state index in [2.05, 4.69) is 40.2 Å². The number of aromatic nitrogens is 2. The Balaban J connectivity index is 0.000000180. The highest BCUT2D eigenvalue weighted by atomic mass is 16.6. The van der Waals surface area contributed by atoms with Gasteiger partial charge < -0.3 is 4.74 Å². The highest BCUT2D eigenvalue weighted by Crippen LogP contribution is 2.32. The number of carbonyl (C=O) groups excluding carboxylic acids is 1. The topological polar surface area (TPSA) is 55.3 Å². The minimum atomic E-state index is -0.541. The number of carbonyl (C=O) groups is 1. The molecule has 3 aliphatic rings. The fourth-order valence-corrected chi connectivity index (χ4v) is 2.07. The van der Waals surface area contributed by atoms with Crippen molar-refractivity contribution in [3.05, 3.63) is 48.5 Å². The first-order valence-electron chi connectivity index (χ1n) is 6.56. The summed E-state index contributed by atoms with van der Waals surface area (Å²) in [6.07, 6.45) is 8.14. The Morgan fingerprint density at radius 1 is 1.24 bits per heavy atom. The smallest absolute Gasteiger partial charge is 0.411 e. The number of benzene rings is 1. The number of ether oxygens (including phenoxy) is 1. The molecule has 1 aromatic rings. The van der Waals surface area contributed by atoms with Crippen molar-refractivity contribution < 1.29 is 9.53 Å². The Kier molecular flexibility index (Phi) is 3.52. The lowest BCUT2D eigenvalue weighted by atomic mass is 10.2. The molecule has 21 heavy (non-hydrogen) atoms. The Labute approximate surface area is 122 Å². The maximum Gasteiger partial charge on any atom is 0.411 e. The molecule has 0 N–H and O–H groups in total. The van der Waals surface area contributed by atoms with Crippen molar-refractivity contribution in [3.8, 4) is 23.5 Å². The van der Waals surface area contributed by atoms with Crippen LogP contribution in [0.15, 0.2) is 42.7 Å². The zero-order chi connectivity index (χ0) is 14.7. The van der Waals surface area contributed by atoms with Gasteiger partial charge in [0, 0.05) is 12.4 Å². The molecule has 1 amide bonds. The number of nitrogens with zero attached hydrogens (tertiary/aromatic N) is 3. The predicted molar refractivity (Wildman–Crippen MR) is 77.1 cm³/mol. The molecular formula is C16H13N3O2. The molecule has 1 fully saturated rings. The number of amides is 1. The summed E-state index contributed by atoms with van der Waals surface area (Å²) >= 11 is 0. The summed E-state index contributed by atoms with van der Waals surface area (Å²) in [6, 6.07) is 9.63. The maximum absolute atomic E-state index is 11.3. The molecule has 104 valence electrons. The van der Waals surface area contributed by atoms with Gasteiger partial charge in [-0.15, -0.1) is 6.42 Å². The van der Waals surface area contributed by atoms with Crippen LogP contribution in [0.2, 0.25) is 0 Å². The van der Waals surface area contributed by atoms with Gasteiger partial charge in [0.15, 0.2) is 11.9 Å². The Hall–Kier alpha value is -2.87. The van der Waals surface area contributed by atoms with E-state index in [0.29, 0.717) is 19.0 Å². The van der Waals surface area contributed by atoms with Crippen LogP contribution in [0.1, 0.15) is 11.9 Å². The fraction of sp³-hybridized carbons (Fsp3) is 0.188. The van der Waals surface area contributed by atoms with Crippen molar-refractivity contribution in [2.45, 2.75) is 6.04 Å². The summed E-state index contributed by atoms with van der Waals surface area (Å²) in [4.78, 5) is 20.8. The zero-order valence-corrected chi connectivity index (χ0v) is 11.3. The van der Waals surface area contributed by atoms with Gasteiger partial charge in [0.25, 0.3) is 0 Å². The second-order valence-corrected chi connectivity index (χ2v) is 4.56. The van der Waals surface area contributed by atoms with Gasteiger partial charge in [0.05, 0.1) is 6.54 Å². The van der Waals surface area contributed by atoms with Gasteiger partial charge >= 0.3 is 6.09 Å². The quantitative estimate of drug-likeness (QED) is 0.675. The zero-order valence-electron chi connectivity index (χ0n) is 11.3. The summed E-state index contributed by atoms with van der Waals surface area (Å²) in [7, 11) is 0. The van der Waals surface area contributed by atoms with Gasteiger partial charge in [-0.1, -0.05) is 24.1 Å². The van der Waals surface area contributed by atoms with Crippen LogP contribution in [0.5, 0.6) is 0 Å². The molecule has 5 heteroatoms. The summed E-state index contributed by atoms with van der Waals surface area (Å²) in [5.74, 6) is 2.93. The summed E-state index contributed by atoms with van der Waals surface area (Å²) < 4.78 is 4.81. The average molecular weight is 279 g/mol. The van der Waals surface area contributed by atoms with E-state index in [1.54, 1.807) is 18.5 Å². The first kappa shape index (κ1) is 13.1. The van der Waals surface area contributed by atoms with Crippen LogP contribution in [0.25, 0.3) is 11.1 Å². The molecule has 1 aliphatic heterocycles. The lowest BCUT2D eigenvalue weighted by Gasteiger charge is -2.18. The lowest BCUT2D eigenvalue weighted by molar-refractivity contribution is 0.153. The van der Waals surface area contributed by atoms with Crippen LogP contribution in [0.4, 0.5) is 4.79 Å². The van der Waals surface area contributed by atoms with E-state index in [9.17, 15) is 4.79 Å². The van der Waals surface area contributed by atoms with E-state index in [0.717, 1.165) is 0 Å². The normalized spacial score (nSPS) is 15.4. The third-order valence-corrected chi connectivity index (χ3v) is 3.20. The predicted octanol–water partition coefficient (Wildman–Crippen LogP) is 2.27. The van der Waals surface area contributed by atoms with Crippen LogP contribution in [0.3, 0.4) is 0 Å². The minimum absolute atomic E-state index is 0.365. The molecule has 5 nitrogen and oxygen atoms in total. The van der Waals surface area contributed by atoms with Gasteiger partial charge in [0.1, 0.15) is 6.61 Å². The van der Waals surface area contributed by atoms with Gasteiger partial charge in [0.2, 0.25) is 0 Å². The first-order valence-corrected chi connectivity index (χ1v) is 6.56. The third kappa shape index (κ3) is 2.84. The van der Waals surface area contributed by atoms with E-state index in [4.69, 9.17) is 11.2 Å². The number of cyclic esters (lactones) is 1. The molecule has 2 heterocycles. The van der Waals surface area contributed by atoms with E-state index >= 15 is 0 Å². The van der Waals surface area contributed by atoms with Crippen molar-refractivity contribution in [2.24, 2.45) is 0 Å². The molecule has 0 radical (unpaired) electrons.